The Hall–Kier alpha value is -2.40. The van der Waals surface area contributed by atoms with Gasteiger partial charge in [0.1, 0.15) is 24.0 Å². The van der Waals surface area contributed by atoms with E-state index in [0.717, 1.165) is 29.5 Å². The molecular weight excluding hydrogens is 334 g/mol. The highest BCUT2D eigenvalue weighted by atomic mass is 19.1. The van der Waals surface area contributed by atoms with Crippen LogP contribution in [0.2, 0.25) is 0 Å². The molecule has 26 heavy (non-hydrogen) atoms. The fourth-order valence-corrected chi connectivity index (χ4v) is 3.79. The van der Waals surface area contributed by atoms with Crippen molar-refractivity contribution in [3.63, 3.8) is 0 Å². The number of aromatic nitrogens is 1. The Balaban J connectivity index is 1.72. The number of benzene rings is 2. The first kappa shape index (κ1) is 17.0. The molecule has 1 unspecified atom stereocenters. The Kier molecular flexibility index (Phi) is 4.41. The molecule has 136 valence electrons. The van der Waals surface area contributed by atoms with Gasteiger partial charge in [0, 0.05) is 36.2 Å². The molecule has 0 fully saturated rings. The third kappa shape index (κ3) is 2.97. The van der Waals surface area contributed by atoms with Crippen molar-refractivity contribution in [2.45, 2.75) is 32.5 Å². The molecule has 1 aliphatic heterocycles. The first-order valence-corrected chi connectivity index (χ1v) is 8.91. The lowest BCUT2D eigenvalue weighted by Gasteiger charge is -2.31. The molecule has 0 N–H and O–H groups in total. The molecule has 3 nitrogen and oxygen atoms in total. The molecule has 2 heterocycles. The second-order valence-corrected chi connectivity index (χ2v) is 6.99. The molecule has 0 saturated heterocycles. The summed E-state index contributed by atoms with van der Waals surface area (Å²) < 4.78 is 36.2. The van der Waals surface area contributed by atoms with Gasteiger partial charge in [-0.05, 0) is 37.7 Å². The highest BCUT2D eigenvalue weighted by Crippen LogP contribution is 2.34. The van der Waals surface area contributed by atoms with E-state index in [9.17, 15) is 8.78 Å². The molecule has 5 heteroatoms. The maximum Gasteiger partial charge on any atom is 0.150 e. The minimum Gasteiger partial charge on any atom is -0.492 e. The van der Waals surface area contributed by atoms with Crippen molar-refractivity contribution in [2.75, 3.05) is 13.7 Å². The van der Waals surface area contributed by atoms with E-state index in [0.29, 0.717) is 36.6 Å². The van der Waals surface area contributed by atoms with Crippen molar-refractivity contribution in [3.05, 3.63) is 65.4 Å². The lowest BCUT2D eigenvalue weighted by Crippen LogP contribution is -2.35. The van der Waals surface area contributed by atoms with E-state index in [4.69, 9.17) is 4.74 Å². The summed E-state index contributed by atoms with van der Waals surface area (Å²) >= 11 is 0. The molecule has 3 aromatic rings. The minimum absolute atomic E-state index is 0.355. The van der Waals surface area contributed by atoms with Crippen LogP contribution in [-0.4, -0.2) is 29.2 Å². The molecule has 0 saturated carbocycles. The summed E-state index contributed by atoms with van der Waals surface area (Å²) in [5.41, 5.74) is 2.60. The molecule has 0 amide bonds. The largest absolute Gasteiger partial charge is 0.492 e. The molecule has 1 atom stereocenters. The standard InChI is InChI=1S/C21H22F2N2O/c1-14-10-20-18(13-24(14)2)17-11-15(22)12-19(23)21(17)25(20)8-9-26-16-6-4-3-5-7-16/h3-7,11-12,14H,8-10,13H2,1-2H3. The SMILES string of the molecule is CC1Cc2c(c3cc(F)cc(F)c3n2CCOc2ccccc2)CN1C. The van der Waals surface area contributed by atoms with E-state index >= 15 is 0 Å². The number of nitrogens with zero attached hydrogens (tertiary/aromatic N) is 2. The Morgan fingerprint density at radius 2 is 1.92 bits per heavy atom. The predicted molar refractivity (Wildman–Crippen MR) is 98.4 cm³/mol. The summed E-state index contributed by atoms with van der Waals surface area (Å²) in [7, 11) is 2.05. The zero-order chi connectivity index (χ0) is 18.3. The molecule has 1 aromatic heterocycles. The molecule has 2 aromatic carbocycles. The van der Waals surface area contributed by atoms with Gasteiger partial charge in [0.05, 0.1) is 12.1 Å². The van der Waals surface area contributed by atoms with Crippen LogP contribution in [0.4, 0.5) is 8.78 Å². The van der Waals surface area contributed by atoms with Gasteiger partial charge in [-0.2, -0.15) is 0 Å². The number of rotatable bonds is 4. The molecule has 4 rings (SSSR count). The number of fused-ring (bicyclic) bond motifs is 3. The van der Waals surface area contributed by atoms with Gasteiger partial charge in [0.2, 0.25) is 0 Å². The molecule has 0 aliphatic carbocycles. The average Bonchev–Trinajstić information content (AvgIpc) is 2.90. The number of hydrogen-bond acceptors (Lipinski definition) is 2. The fraction of sp³-hybridized carbons (Fsp3) is 0.333. The highest BCUT2D eigenvalue weighted by molar-refractivity contribution is 5.86. The maximum atomic E-state index is 14.6. The van der Waals surface area contributed by atoms with Gasteiger partial charge >= 0.3 is 0 Å². The Bertz CT molecular complexity index is 936. The third-order valence-electron chi connectivity index (χ3n) is 5.27. The zero-order valence-corrected chi connectivity index (χ0v) is 15.0. The number of hydrogen-bond donors (Lipinski definition) is 0. The van der Waals surface area contributed by atoms with Crippen LogP contribution >= 0.6 is 0 Å². The van der Waals surface area contributed by atoms with Crippen LogP contribution in [0.25, 0.3) is 10.9 Å². The average molecular weight is 356 g/mol. The zero-order valence-electron chi connectivity index (χ0n) is 15.0. The van der Waals surface area contributed by atoms with Crippen LogP contribution in [0.15, 0.2) is 42.5 Å². The van der Waals surface area contributed by atoms with E-state index in [1.165, 1.54) is 6.07 Å². The van der Waals surface area contributed by atoms with Crippen LogP contribution in [0.3, 0.4) is 0 Å². The van der Waals surface area contributed by atoms with Gasteiger partial charge in [-0.15, -0.1) is 0 Å². The molecule has 0 radical (unpaired) electrons. The second kappa shape index (κ2) is 6.72. The third-order valence-corrected chi connectivity index (χ3v) is 5.27. The summed E-state index contributed by atoms with van der Waals surface area (Å²) in [5.74, 6) is -0.251. The van der Waals surface area contributed by atoms with Crippen LogP contribution < -0.4 is 4.74 Å². The summed E-state index contributed by atoms with van der Waals surface area (Å²) in [6.07, 6.45) is 0.812. The highest BCUT2D eigenvalue weighted by Gasteiger charge is 2.28. The van der Waals surface area contributed by atoms with Crippen molar-refractivity contribution in [3.8, 4) is 5.75 Å². The number of ether oxygens (including phenoxy) is 1. The van der Waals surface area contributed by atoms with E-state index in [1.54, 1.807) is 0 Å². The summed E-state index contributed by atoms with van der Waals surface area (Å²) in [6, 6.07) is 12.3. The van der Waals surface area contributed by atoms with Crippen LogP contribution in [0.5, 0.6) is 5.75 Å². The Labute approximate surface area is 151 Å². The van der Waals surface area contributed by atoms with Crippen LogP contribution in [0, 0.1) is 11.6 Å². The molecule has 0 bridgehead atoms. The van der Waals surface area contributed by atoms with Gasteiger partial charge in [-0.3, -0.25) is 4.90 Å². The van der Waals surface area contributed by atoms with Crippen molar-refractivity contribution in [1.82, 2.24) is 9.47 Å². The van der Waals surface area contributed by atoms with Crippen molar-refractivity contribution >= 4 is 10.9 Å². The van der Waals surface area contributed by atoms with Crippen molar-refractivity contribution < 1.29 is 13.5 Å². The molecule has 0 spiro atoms. The normalized spacial score (nSPS) is 17.5. The van der Waals surface area contributed by atoms with Crippen LogP contribution in [0.1, 0.15) is 18.2 Å². The van der Waals surface area contributed by atoms with Gasteiger partial charge < -0.3 is 9.30 Å². The van der Waals surface area contributed by atoms with Gasteiger partial charge in [-0.1, -0.05) is 18.2 Å². The fourth-order valence-electron chi connectivity index (χ4n) is 3.79. The van der Waals surface area contributed by atoms with Gasteiger partial charge in [-0.25, -0.2) is 8.78 Å². The van der Waals surface area contributed by atoms with Crippen LogP contribution in [-0.2, 0) is 19.5 Å². The maximum absolute atomic E-state index is 14.6. The molecular formula is C21H22F2N2O. The number of likely N-dealkylation sites (N-methyl/N-ethyl adjacent to an activating group) is 1. The summed E-state index contributed by atoms with van der Waals surface area (Å²) in [6.45, 7) is 3.81. The first-order valence-electron chi connectivity index (χ1n) is 8.91. The first-order chi connectivity index (χ1) is 12.5. The lowest BCUT2D eigenvalue weighted by atomic mass is 10.00. The van der Waals surface area contributed by atoms with Crippen molar-refractivity contribution in [1.29, 1.82) is 0 Å². The Morgan fingerprint density at radius 1 is 1.15 bits per heavy atom. The topological polar surface area (TPSA) is 17.4 Å². The monoisotopic (exact) mass is 356 g/mol. The van der Waals surface area contributed by atoms with Gasteiger partial charge in [0.15, 0.2) is 0 Å². The van der Waals surface area contributed by atoms with Crippen molar-refractivity contribution in [2.24, 2.45) is 0 Å². The van der Waals surface area contributed by atoms with Gasteiger partial charge in [0.25, 0.3) is 0 Å². The van der Waals surface area contributed by atoms with E-state index in [-0.39, 0.29) is 0 Å². The van der Waals surface area contributed by atoms with E-state index in [2.05, 4.69) is 11.8 Å². The second-order valence-electron chi connectivity index (χ2n) is 6.99. The van der Waals surface area contributed by atoms with E-state index in [1.807, 2.05) is 41.9 Å². The quantitative estimate of drug-likeness (QED) is 0.690. The smallest absolute Gasteiger partial charge is 0.150 e. The lowest BCUT2D eigenvalue weighted by molar-refractivity contribution is 0.225. The number of para-hydroxylation sites is 1. The minimum atomic E-state index is -0.531. The Morgan fingerprint density at radius 3 is 2.69 bits per heavy atom. The number of halogens is 2. The van der Waals surface area contributed by atoms with E-state index < -0.39 is 11.6 Å². The summed E-state index contributed by atoms with van der Waals surface area (Å²) in [4.78, 5) is 2.22. The predicted octanol–water partition coefficient (Wildman–Crippen LogP) is 4.37. The molecule has 1 aliphatic rings. The summed E-state index contributed by atoms with van der Waals surface area (Å²) in [5, 5.41) is 0.677.